The van der Waals surface area contributed by atoms with Crippen molar-refractivity contribution in [1.29, 1.82) is 0 Å². The van der Waals surface area contributed by atoms with E-state index in [1.807, 2.05) is 12.1 Å². The Kier molecular flexibility index (Phi) is 7.57. The van der Waals surface area contributed by atoms with Gasteiger partial charge in [-0.15, -0.1) is 0 Å². The molecule has 1 fully saturated rings. The highest BCUT2D eigenvalue weighted by atomic mass is 16.5. The van der Waals surface area contributed by atoms with Gasteiger partial charge in [0.25, 0.3) is 0 Å². The first-order valence-electron chi connectivity index (χ1n) is 10.7. The molecule has 0 unspecified atom stereocenters. The van der Waals surface area contributed by atoms with Crippen LogP contribution in [0.4, 0.5) is 0 Å². The molecule has 1 heterocycles. The molecule has 1 aliphatic heterocycles. The highest BCUT2D eigenvalue weighted by Crippen LogP contribution is 2.40. The molecule has 0 amide bonds. The molecule has 0 aliphatic carbocycles. The molecule has 2 N–H and O–H groups in total. The van der Waals surface area contributed by atoms with Gasteiger partial charge in [-0.3, -0.25) is 0 Å². The first-order chi connectivity index (χ1) is 14.0. The molecule has 0 radical (unpaired) electrons. The minimum absolute atomic E-state index is 0.0273. The number of hydrogen-bond acceptors (Lipinski definition) is 3. The fourth-order valence-corrected chi connectivity index (χ4v) is 4.48. The van der Waals surface area contributed by atoms with Crippen molar-refractivity contribution in [1.82, 2.24) is 0 Å². The van der Waals surface area contributed by atoms with Gasteiger partial charge in [0.2, 0.25) is 0 Å². The maximum absolute atomic E-state index is 5.98. The van der Waals surface area contributed by atoms with Crippen molar-refractivity contribution in [3.63, 3.8) is 0 Å². The van der Waals surface area contributed by atoms with E-state index in [1.54, 1.807) is 14.2 Å². The van der Waals surface area contributed by atoms with Gasteiger partial charge >= 0.3 is 0 Å². The van der Waals surface area contributed by atoms with Crippen molar-refractivity contribution < 1.29 is 19.5 Å². The second kappa shape index (κ2) is 10.1. The molecule has 158 valence electrons. The van der Waals surface area contributed by atoms with Crippen LogP contribution in [0.3, 0.4) is 0 Å². The van der Waals surface area contributed by atoms with E-state index in [-0.39, 0.29) is 5.60 Å². The molecular formula is C25H36NO3+. The predicted octanol–water partition coefficient (Wildman–Crippen LogP) is 4.15. The van der Waals surface area contributed by atoms with E-state index in [9.17, 15) is 0 Å². The number of ether oxygens (including phenoxy) is 3. The summed E-state index contributed by atoms with van der Waals surface area (Å²) < 4.78 is 16.6. The standard InChI is InChI=1S/C25H35NO3/c1-25(2)17-21(14-16-29-25)24(20-7-11-23(28-4)12-8-20)13-15-26-18-19-5-9-22(27-3)10-6-19/h5-12,21,24,26H,13-18H2,1-4H3/p+1/t21-,24-/m0/s1. The van der Waals surface area contributed by atoms with Crippen molar-refractivity contribution in [2.24, 2.45) is 5.92 Å². The Hall–Kier alpha value is -2.04. The van der Waals surface area contributed by atoms with E-state index in [0.29, 0.717) is 11.8 Å². The van der Waals surface area contributed by atoms with Crippen LogP contribution < -0.4 is 14.8 Å². The van der Waals surface area contributed by atoms with Gasteiger partial charge in [0.05, 0.1) is 26.4 Å². The third kappa shape index (κ3) is 6.22. The van der Waals surface area contributed by atoms with Gasteiger partial charge in [0, 0.05) is 18.6 Å². The zero-order valence-electron chi connectivity index (χ0n) is 18.3. The Labute approximate surface area is 175 Å². The van der Waals surface area contributed by atoms with Crippen LogP contribution in [0.2, 0.25) is 0 Å². The number of rotatable bonds is 9. The maximum atomic E-state index is 5.98. The van der Waals surface area contributed by atoms with Gasteiger partial charge in [-0.1, -0.05) is 12.1 Å². The molecular weight excluding hydrogens is 362 g/mol. The molecule has 2 aromatic carbocycles. The zero-order chi connectivity index (χ0) is 20.7. The van der Waals surface area contributed by atoms with Crippen LogP contribution in [0.5, 0.6) is 11.5 Å². The molecule has 2 atom stereocenters. The number of nitrogens with two attached hydrogens (primary N) is 1. The molecule has 0 saturated carbocycles. The number of quaternary nitrogens is 1. The second-order valence-corrected chi connectivity index (χ2v) is 8.66. The summed E-state index contributed by atoms with van der Waals surface area (Å²) in [5.74, 6) is 3.04. The minimum atomic E-state index is -0.0273. The fourth-order valence-electron chi connectivity index (χ4n) is 4.48. The van der Waals surface area contributed by atoms with E-state index in [4.69, 9.17) is 14.2 Å². The molecule has 1 saturated heterocycles. The molecule has 2 aromatic rings. The lowest BCUT2D eigenvalue weighted by Gasteiger charge is -2.39. The molecule has 3 rings (SSSR count). The highest BCUT2D eigenvalue weighted by Gasteiger charge is 2.34. The summed E-state index contributed by atoms with van der Waals surface area (Å²) in [7, 11) is 3.43. The lowest BCUT2D eigenvalue weighted by Crippen LogP contribution is -2.82. The van der Waals surface area contributed by atoms with Gasteiger partial charge in [-0.05, 0) is 80.5 Å². The van der Waals surface area contributed by atoms with E-state index in [1.165, 1.54) is 17.5 Å². The molecule has 4 heteroatoms. The van der Waals surface area contributed by atoms with Crippen LogP contribution in [0.15, 0.2) is 48.5 Å². The molecule has 4 nitrogen and oxygen atoms in total. The maximum Gasteiger partial charge on any atom is 0.118 e. The number of hydrogen-bond donors (Lipinski definition) is 1. The second-order valence-electron chi connectivity index (χ2n) is 8.66. The minimum Gasteiger partial charge on any atom is -0.497 e. The smallest absolute Gasteiger partial charge is 0.118 e. The Morgan fingerprint density at radius 2 is 1.62 bits per heavy atom. The highest BCUT2D eigenvalue weighted by molar-refractivity contribution is 5.30. The topological polar surface area (TPSA) is 44.3 Å². The van der Waals surface area contributed by atoms with E-state index < -0.39 is 0 Å². The van der Waals surface area contributed by atoms with Gasteiger partial charge in [-0.2, -0.15) is 0 Å². The summed E-state index contributed by atoms with van der Waals surface area (Å²) in [6.07, 6.45) is 3.42. The molecule has 0 bridgehead atoms. The van der Waals surface area contributed by atoms with E-state index >= 15 is 0 Å². The first-order valence-corrected chi connectivity index (χ1v) is 10.7. The lowest BCUT2D eigenvalue weighted by atomic mass is 9.75. The largest absolute Gasteiger partial charge is 0.497 e. The Balaban J connectivity index is 1.62. The van der Waals surface area contributed by atoms with E-state index in [2.05, 4.69) is 55.6 Å². The number of methoxy groups -OCH3 is 2. The predicted molar refractivity (Wildman–Crippen MR) is 117 cm³/mol. The lowest BCUT2D eigenvalue weighted by molar-refractivity contribution is -0.671. The van der Waals surface area contributed by atoms with Crippen LogP contribution in [-0.4, -0.2) is 33.0 Å². The summed E-state index contributed by atoms with van der Waals surface area (Å²) in [6.45, 7) is 7.42. The first kappa shape index (κ1) is 21.7. The normalized spacial score (nSPS) is 19.5. The SMILES string of the molecule is COc1ccc(C[NH2+]CC[C@@H](c2ccc(OC)cc2)[C@H]2CCOC(C)(C)C2)cc1. The average molecular weight is 399 g/mol. The van der Waals surface area contributed by atoms with Crippen molar-refractivity contribution in [3.8, 4) is 11.5 Å². The van der Waals surface area contributed by atoms with Crippen LogP contribution in [-0.2, 0) is 11.3 Å². The van der Waals surface area contributed by atoms with Crippen molar-refractivity contribution in [2.45, 2.75) is 51.2 Å². The Morgan fingerprint density at radius 3 is 2.21 bits per heavy atom. The van der Waals surface area contributed by atoms with Crippen LogP contribution in [0.1, 0.15) is 50.2 Å². The molecule has 1 aliphatic rings. The van der Waals surface area contributed by atoms with Crippen LogP contribution in [0, 0.1) is 5.92 Å². The summed E-state index contributed by atoms with van der Waals surface area (Å²) in [5, 5.41) is 2.42. The molecule has 0 aromatic heterocycles. The van der Waals surface area contributed by atoms with Crippen molar-refractivity contribution >= 4 is 0 Å². The monoisotopic (exact) mass is 398 g/mol. The summed E-state index contributed by atoms with van der Waals surface area (Å²) in [4.78, 5) is 0. The Bertz CT molecular complexity index is 740. The van der Waals surface area contributed by atoms with Crippen LogP contribution in [0.25, 0.3) is 0 Å². The third-order valence-corrected chi connectivity index (χ3v) is 6.07. The summed E-state index contributed by atoms with van der Waals surface area (Å²) in [6, 6.07) is 17.0. The Morgan fingerprint density at radius 1 is 1.00 bits per heavy atom. The van der Waals surface area contributed by atoms with Crippen LogP contribution >= 0.6 is 0 Å². The summed E-state index contributed by atoms with van der Waals surface area (Å²) in [5.41, 5.74) is 2.73. The van der Waals surface area contributed by atoms with Gasteiger partial charge < -0.3 is 19.5 Å². The molecule has 29 heavy (non-hydrogen) atoms. The zero-order valence-corrected chi connectivity index (χ0v) is 18.3. The average Bonchev–Trinajstić information content (AvgIpc) is 2.73. The number of benzene rings is 2. The third-order valence-electron chi connectivity index (χ3n) is 6.07. The summed E-state index contributed by atoms with van der Waals surface area (Å²) >= 11 is 0. The fraction of sp³-hybridized carbons (Fsp3) is 0.520. The quantitative estimate of drug-likeness (QED) is 0.646. The van der Waals surface area contributed by atoms with Gasteiger partial charge in [-0.25, -0.2) is 0 Å². The van der Waals surface area contributed by atoms with Gasteiger partial charge in [0.15, 0.2) is 0 Å². The van der Waals surface area contributed by atoms with Crippen molar-refractivity contribution in [2.75, 3.05) is 27.4 Å². The van der Waals surface area contributed by atoms with E-state index in [0.717, 1.165) is 44.0 Å². The van der Waals surface area contributed by atoms with Gasteiger partial charge in [0.1, 0.15) is 18.0 Å². The molecule has 0 spiro atoms. The van der Waals surface area contributed by atoms with Crippen molar-refractivity contribution in [3.05, 3.63) is 59.7 Å².